The molecule has 0 aliphatic carbocycles. The van der Waals surface area contributed by atoms with E-state index in [0.29, 0.717) is 32.1 Å². The number of pyridine rings is 1. The summed E-state index contributed by atoms with van der Waals surface area (Å²) in [6.45, 7) is 1.78. The zero-order valence-electron chi connectivity index (χ0n) is 18.7. The number of benzene rings is 2. The van der Waals surface area contributed by atoms with Crippen molar-refractivity contribution in [2.45, 2.75) is 6.54 Å². The van der Waals surface area contributed by atoms with Gasteiger partial charge in [0.25, 0.3) is 0 Å². The molecule has 0 bridgehead atoms. The summed E-state index contributed by atoms with van der Waals surface area (Å²) in [5.74, 6) is -3.28. The van der Waals surface area contributed by atoms with Gasteiger partial charge < -0.3 is 14.4 Å². The van der Waals surface area contributed by atoms with Crippen LogP contribution in [0.3, 0.4) is 0 Å². The summed E-state index contributed by atoms with van der Waals surface area (Å²) in [5.41, 5.74) is -0.993. The number of ether oxygens (including phenoxy) is 2. The minimum Gasteiger partial charge on any atom is -0.451 e. The second kappa shape index (κ2) is 9.82. The van der Waals surface area contributed by atoms with Gasteiger partial charge in [0, 0.05) is 30.8 Å². The minimum atomic E-state index is -0.877. The predicted octanol–water partition coefficient (Wildman–Crippen LogP) is 3.66. The van der Waals surface area contributed by atoms with Crippen LogP contribution < -0.4 is 15.3 Å². The zero-order chi connectivity index (χ0) is 25.2. The summed E-state index contributed by atoms with van der Waals surface area (Å²) < 4.78 is 69.7. The first-order valence-electron chi connectivity index (χ1n) is 10.9. The van der Waals surface area contributed by atoms with E-state index in [2.05, 4.69) is 10.1 Å². The van der Waals surface area contributed by atoms with Crippen LogP contribution in [0.5, 0.6) is 11.5 Å². The predicted molar refractivity (Wildman–Crippen MR) is 121 cm³/mol. The average Bonchev–Trinajstić information content (AvgIpc) is 3.24. The first kappa shape index (κ1) is 23.5. The smallest absolute Gasteiger partial charge is 0.350 e. The highest BCUT2D eigenvalue weighted by molar-refractivity contribution is 5.47. The monoisotopic (exact) mass is 501 g/mol. The van der Waals surface area contributed by atoms with Crippen LogP contribution in [0.2, 0.25) is 0 Å². The maximum absolute atomic E-state index is 14.9. The molecule has 0 amide bonds. The third kappa shape index (κ3) is 4.67. The number of halogens is 4. The van der Waals surface area contributed by atoms with Crippen LogP contribution in [0, 0.1) is 23.3 Å². The lowest BCUT2D eigenvalue weighted by molar-refractivity contribution is 0.122. The van der Waals surface area contributed by atoms with Crippen molar-refractivity contribution in [2.24, 2.45) is 0 Å². The molecule has 0 saturated carbocycles. The molecule has 1 aliphatic heterocycles. The van der Waals surface area contributed by atoms with Gasteiger partial charge in [0.2, 0.25) is 0 Å². The Bertz CT molecular complexity index is 1450. The molecular weight excluding hydrogens is 482 g/mol. The van der Waals surface area contributed by atoms with Gasteiger partial charge in [0.1, 0.15) is 23.8 Å². The molecule has 0 radical (unpaired) electrons. The van der Waals surface area contributed by atoms with Gasteiger partial charge in [-0.3, -0.25) is 4.57 Å². The van der Waals surface area contributed by atoms with Crippen molar-refractivity contribution in [3.8, 4) is 17.2 Å². The Labute approximate surface area is 201 Å². The van der Waals surface area contributed by atoms with Crippen LogP contribution in [0.4, 0.5) is 23.4 Å². The maximum atomic E-state index is 14.9. The van der Waals surface area contributed by atoms with E-state index in [1.165, 1.54) is 24.3 Å². The molecule has 0 N–H and O–H groups in total. The third-order valence-corrected chi connectivity index (χ3v) is 5.64. The third-order valence-electron chi connectivity index (χ3n) is 5.64. The van der Waals surface area contributed by atoms with E-state index in [4.69, 9.17) is 9.47 Å². The Morgan fingerprint density at radius 3 is 2.39 bits per heavy atom. The van der Waals surface area contributed by atoms with Crippen LogP contribution >= 0.6 is 0 Å². The van der Waals surface area contributed by atoms with Gasteiger partial charge in [-0.25, -0.2) is 27.3 Å². The van der Waals surface area contributed by atoms with Gasteiger partial charge in [-0.15, -0.1) is 0 Å². The molecule has 4 aromatic rings. The van der Waals surface area contributed by atoms with Gasteiger partial charge in [-0.2, -0.15) is 9.78 Å². The van der Waals surface area contributed by atoms with Crippen molar-refractivity contribution in [2.75, 3.05) is 31.2 Å². The summed E-state index contributed by atoms with van der Waals surface area (Å²) in [4.78, 5) is 18.7. The molecule has 12 heteroatoms. The standard InChI is InChI=1S/C24H19F4N5O3/c25-17-2-1-3-18(26)16(17)13-32-14-30-33(24(32)34)15-4-5-21(19(27)10-15)36-22-11-23(29-12-20(22)28)31-6-8-35-9-7-31/h1-5,10-12,14H,6-9,13H2. The normalized spacial score (nSPS) is 13.7. The van der Waals surface area contributed by atoms with Crippen LogP contribution in [0.1, 0.15) is 5.56 Å². The fourth-order valence-electron chi connectivity index (χ4n) is 3.75. The molecule has 8 nitrogen and oxygen atoms in total. The van der Waals surface area contributed by atoms with Crippen molar-refractivity contribution in [1.29, 1.82) is 0 Å². The van der Waals surface area contributed by atoms with E-state index in [1.807, 2.05) is 4.90 Å². The average molecular weight is 501 g/mol. The second-order valence-electron chi connectivity index (χ2n) is 7.94. The van der Waals surface area contributed by atoms with E-state index < -0.39 is 35.5 Å². The molecule has 2 aromatic heterocycles. The van der Waals surface area contributed by atoms with Gasteiger partial charge in [0.05, 0.1) is 31.6 Å². The Kier molecular flexibility index (Phi) is 6.42. The highest BCUT2D eigenvalue weighted by atomic mass is 19.1. The molecule has 3 heterocycles. The number of hydrogen-bond acceptors (Lipinski definition) is 6. The highest BCUT2D eigenvalue weighted by Crippen LogP contribution is 2.30. The molecule has 1 aliphatic rings. The molecule has 5 rings (SSSR count). The van der Waals surface area contributed by atoms with Gasteiger partial charge in [0.15, 0.2) is 23.1 Å². The van der Waals surface area contributed by atoms with E-state index in [9.17, 15) is 22.4 Å². The quantitative estimate of drug-likeness (QED) is 0.376. The topological polar surface area (TPSA) is 74.4 Å². The van der Waals surface area contributed by atoms with E-state index >= 15 is 0 Å². The van der Waals surface area contributed by atoms with E-state index in [-0.39, 0.29) is 22.7 Å². The molecule has 186 valence electrons. The summed E-state index contributed by atoms with van der Waals surface area (Å²) in [5, 5.41) is 3.90. The number of hydrogen-bond donors (Lipinski definition) is 0. The number of anilines is 1. The Morgan fingerprint density at radius 2 is 1.67 bits per heavy atom. The van der Waals surface area contributed by atoms with Crippen molar-refractivity contribution in [3.63, 3.8) is 0 Å². The Hall–Kier alpha value is -4.19. The molecule has 36 heavy (non-hydrogen) atoms. The maximum Gasteiger partial charge on any atom is 0.350 e. The summed E-state index contributed by atoms with van der Waals surface area (Å²) in [7, 11) is 0. The number of aromatic nitrogens is 4. The SMILES string of the molecule is O=c1n(Cc2c(F)cccc2F)cnn1-c1ccc(Oc2cc(N3CCOCC3)ncc2F)c(F)c1. The van der Waals surface area contributed by atoms with Crippen LogP contribution in [-0.2, 0) is 11.3 Å². The Morgan fingerprint density at radius 1 is 0.917 bits per heavy atom. The summed E-state index contributed by atoms with van der Waals surface area (Å²) in [6, 6.07) is 8.31. The molecule has 0 spiro atoms. The van der Waals surface area contributed by atoms with Crippen molar-refractivity contribution >= 4 is 5.82 Å². The van der Waals surface area contributed by atoms with Crippen LogP contribution in [0.25, 0.3) is 5.69 Å². The fourth-order valence-corrected chi connectivity index (χ4v) is 3.75. The highest BCUT2D eigenvalue weighted by Gasteiger charge is 2.18. The fraction of sp³-hybridized carbons (Fsp3) is 0.208. The number of morpholine rings is 1. The lowest BCUT2D eigenvalue weighted by atomic mass is 10.2. The van der Waals surface area contributed by atoms with Crippen molar-refractivity contribution in [1.82, 2.24) is 19.3 Å². The largest absolute Gasteiger partial charge is 0.451 e. The second-order valence-corrected chi connectivity index (χ2v) is 7.94. The molecular formula is C24H19F4N5O3. The first-order chi connectivity index (χ1) is 17.4. The minimum absolute atomic E-state index is 0.0433. The number of rotatable bonds is 6. The molecule has 0 atom stereocenters. The molecule has 1 saturated heterocycles. The molecule has 1 fully saturated rings. The van der Waals surface area contributed by atoms with Gasteiger partial charge >= 0.3 is 5.69 Å². The van der Waals surface area contributed by atoms with Crippen molar-refractivity contribution in [3.05, 3.63) is 94.3 Å². The zero-order valence-corrected chi connectivity index (χ0v) is 18.7. The van der Waals surface area contributed by atoms with Crippen molar-refractivity contribution < 1.29 is 27.0 Å². The van der Waals surface area contributed by atoms with Crippen LogP contribution in [0.15, 0.2) is 59.8 Å². The van der Waals surface area contributed by atoms with Crippen LogP contribution in [-0.4, -0.2) is 45.6 Å². The summed E-state index contributed by atoms with van der Waals surface area (Å²) in [6.07, 6.45) is 2.09. The Balaban J connectivity index is 1.37. The molecule has 2 aromatic carbocycles. The van der Waals surface area contributed by atoms with E-state index in [0.717, 1.165) is 40.0 Å². The lowest BCUT2D eigenvalue weighted by Gasteiger charge is -2.28. The summed E-state index contributed by atoms with van der Waals surface area (Å²) >= 11 is 0. The van der Waals surface area contributed by atoms with Gasteiger partial charge in [-0.1, -0.05) is 6.07 Å². The first-order valence-corrected chi connectivity index (χ1v) is 10.9. The van der Waals surface area contributed by atoms with Gasteiger partial charge in [-0.05, 0) is 24.3 Å². The molecule has 0 unspecified atom stereocenters. The lowest BCUT2D eigenvalue weighted by Crippen LogP contribution is -2.36. The van der Waals surface area contributed by atoms with E-state index in [1.54, 1.807) is 0 Å². The number of nitrogens with zero attached hydrogens (tertiary/aromatic N) is 5.